The highest BCUT2D eigenvalue weighted by Crippen LogP contribution is 2.34. The second kappa shape index (κ2) is 7.30. The van der Waals surface area contributed by atoms with Gasteiger partial charge >= 0.3 is 0 Å². The molecule has 0 radical (unpaired) electrons. The first kappa shape index (κ1) is 16.9. The van der Waals surface area contributed by atoms with Crippen LogP contribution in [0.3, 0.4) is 0 Å². The average molecular weight is 366 g/mol. The predicted molar refractivity (Wildman–Crippen MR) is 98.3 cm³/mol. The van der Waals surface area contributed by atoms with E-state index in [0.717, 1.165) is 18.8 Å². The third kappa shape index (κ3) is 3.59. The zero-order chi connectivity index (χ0) is 17.1. The van der Waals surface area contributed by atoms with Gasteiger partial charge in [-0.05, 0) is 24.3 Å². The van der Waals surface area contributed by atoms with Gasteiger partial charge in [-0.2, -0.15) is 0 Å². The third-order valence-electron chi connectivity index (χ3n) is 3.83. The van der Waals surface area contributed by atoms with E-state index in [9.17, 15) is 4.79 Å². The Balaban J connectivity index is 1.87. The number of nitrogen functional groups attached to an aromatic ring is 1. The van der Waals surface area contributed by atoms with Gasteiger partial charge in [0, 0.05) is 13.1 Å². The molecule has 1 saturated heterocycles. The first-order valence-electron chi connectivity index (χ1n) is 7.54. The van der Waals surface area contributed by atoms with Gasteiger partial charge in [-0.3, -0.25) is 4.79 Å². The van der Waals surface area contributed by atoms with Gasteiger partial charge in [0.2, 0.25) is 0 Å². The van der Waals surface area contributed by atoms with Gasteiger partial charge in [-0.1, -0.05) is 35.3 Å². The normalized spacial score (nSPS) is 14.5. The molecule has 0 saturated carbocycles. The van der Waals surface area contributed by atoms with Crippen LogP contribution in [-0.2, 0) is 4.74 Å². The Kier molecular flexibility index (Phi) is 5.14. The van der Waals surface area contributed by atoms with Crippen LogP contribution in [0.2, 0.25) is 10.0 Å². The number of hydrogen-bond donors (Lipinski definition) is 2. The molecule has 0 spiro atoms. The van der Waals surface area contributed by atoms with Crippen molar-refractivity contribution in [1.82, 2.24) is 0 Å². The molecule has 24 heavy (non-hydrogen) atoms. The van der Waals surface area contributed by atoms with Gasteiger partial charge in [0.1, 0.15) is 0 Å². The second-order valence-corrected chi connectivity index (χ2v) is 6.24. The Morgan fingerprint density at radius 1 is 1.12 bits per heavy atom. The zero-order valence-electron chi connectivity index (χ0n) is 12.9. The molecule has 1 heterocycles. The van der Waals surface area contributed by atoms with Gasteiger partial charge in [0.05, 0.1) is 45.9 Å². The number of morpholine rings is 1. The van der Waals surface area contributed by atoms with Crippen LogP contribution in [0.15, 0.2) is 36.4 Å². The van der Waals surface area contributed by atoms with E-state index in [-0.39, 0.29) is 5.91 Å². The minimum absolute atomic E-state index is 0.319. The molecule has 7 heteroatoms. The van der Waals surface area contributed by atoms with E-state index in [4.69, 9.17) is 33.7 Å². The lowest BCUT2D eigenvalue weighted by atomic mass is 10.1. The molecule has 3 rings (SSSR count). The van der Waals surface area contributed by atoms with E-state index in [2.05, 4.69) is 10.2 Å². The molecular formula is C17H17Cl2N3O2. The quantitative estimate of drug-likeness (QED) is 0.814. The molecule has 0 aromatic heterocycles. The number of nitrogens with two attached hydrogens (primary N) is 1. The highest BCUT2D eigenvalue weighted by Gasteiger charge is 2.18. The lowest BCUT2D eigenvalue weighted by molar-refractivity contribution is 0.102. The van der Waals surface area contributed by atoms with Crippen LogP contribution in [-0.4, -0.2) is 32.2 Å². The standard InChI is InChI=1S/C17H17Cl2N3O2/c18-12-4-2-1-3-11(12)17(23)21-15-10-16(14(20)9-13(15)19)22-5-7-24-8-6-22/h1-4,9-10H,5-8,20H2,(H,21,23). The fourth-order valence-electron chi connectivity index (χ4n) is 2.59. The summed E-state index contributed by atoms with van der Waals surface area (Å²) in [5.41, 5.74) is 8.37. The summed E-state index contributed by atoms with van der Waals surface area (Å²) in [5.74, 6) is -0.319. The van der Waals surface area contributed by atoms with Crippen molar-refractivity contribution < 1.29 is 9.53 Å². The van der Waals surface area contributed by atoms with Gasteiger partial charge in [0.15, 0.2) is 0 Å². The molecule has 126 valence electrons. The highest BCUT2D eigenvalue weighted by atomic mass is 35.5. The fourth-order valence-corrected chi connectivity index (χ4v) is 3.03. The molecule has 1 aliphatic heterocycles. The third-order valence-corrected chi connectivity index (χ3v) is 4.48. The van der Waals surface area contributed by atoms with Crippen molar-refractivity contribution in [2.75, 3.05) is 42.3 Å². The van der Waals surface area contributed by atoms with Gasteiger partial charge in [0.25, 0.3) is 5.91 Å². The molecule has 1 fully saturated rings. The second-order valence-electron chi connectivity index (χ2n) is 5.42. The Hall–Kier alpha value is -1.95. The van der Waals surface area contributed by atoms with Crippen LogP contribution in [0.1, 0.15) is 10.4 Å². The van der Waals surface area contributed by atoms with Crippen molar-refractivity contribution in [2.45, 2.75) is 0 Å². The summed E-state index contributed by atoms with van der Waals surface area (Å²) in [4.78, 5) is 14.6. The van der Waals surface area contributed by atoms with Crippen LogP contribution < -0.4 is 16.0 Å². The molecule has 0 unspecified atom stereocenters. The van der Waals surface area contributed by atoms with Crippen molar-refractivity contribution in [1.29, 1.82) is 0 Å². The largest absolute Gasteiger partial charge is 0.397 e. The van der Waals surface area contributed by atoms with Gasteiger partial charge in [-0.25, -0.2) is 0 Å². The van der Waals surface area contributed by atoms with E-state index < -0.39 is 0 Å². The van der Waals surface area contributed by atoms with Crippen LogP contribution >= 0.6 is 23.2 Å². The maximum atomic E-state index is 12.4. The number of amides is 1. The van der Waals surface area contributed by atoms with Crippen molar-refractivity contribution in [3.8, 4) is 0 Å². The average Bonchev–Trinajstić information content (AvgIpc) is 2.58. The van der Waals surface area contributed by atoms with Crippen LogP contribution in [0.25, 0.3) is 0 Å². The van der Waals surface area contributed by atoms with Crippen molar-refractivity contribution >= 4 is 46.2 Å². The summed E-state index contributed by atoms with van der Waals surface area (Å²) in [6.45, 7) is 2.76. The number of ether oxygens (including phenoxy) is 1. The van der Waals surface area contributed by atoms with Gasteiger partial charge < -0.3 is 20.7 Å². The molecule has 3 N–H and O–H groups in total. The van der Waals surface area contributed by atoms with Crippen LogP contribution in [0, 0.1) is 0 Å². The number of carbonyl (C=O) groups excluding carboxylic acids is 1. The fraction of sp³-hybridized carbons (Fsp3) is 0.235. The number of nitrogens with one attached hydrogen (secondary N) is 1. The minimum Gasteiger partial charge on any atom is -0.397 e. The van der Waals surface area contributed by atoms with Crippen LogP contribution in [0.5, 0.6) is 0 Å². The van der Waals surface area contributed by atoms with Crippen molar-refractivity contribution in [3.05, 3.63) is 52.0 Å². The van der Waals surface area contributed by atoms with Crippen molar-refractivity contribution in [2.24, 2.45) is 0 Å². The number of benzene rings is 2. The molecule has 1 amide bonds. The number of rotatable bonds is 3. The Morgan fingerprint density at radius 2 is 1.83 bits per heavy atom. The predicted octanol–water partition coefficient (Wildman–Crippen LogP) is 3.66. The summed E-state index contributed by atoms with van der Waals surface area (Å²) in [7, 11) is 0. The van der Waals surface area contributed by atoms with Gasteiger partial charge in [-0.15, -0.1) is 0 Å². The Bertz CT molecular complexity index is 761. The Labute approximate surface area is 150 Å². The summed E-state index contributed by atoms with van der Waals surface area (Å²) in [5, 5.41) is 3.57. The van der Waals surface area contributed by atoms with E-state index in [1.165, 1.54) is 0 Å². The maximum absolute atomic E-state index is 12.4. The summed E-state index contributed by atoms with van der Waals surface area (Å²) < 4.78 is 5.36. The Morgan fingerprint density at radius 3 is 2.54 bits per heavy atom. The molecule has 0 aliphatic carbocycles. The molecule has 0 atom stereocenters. The van der Waals surface area contributed by atoms with E-state index in [0.29, 0.717) is 40.2 Å². The lowest BCUT2D eigenvalue weighted by Gasteiger charge is -2.30. The zero-order valence-corrected chi connectivity index (χ0v) is 14.4. The topological polar surface area (TPSA) is 67.6 Å². The smallest absolute Gasteiger partial charge is 0.257 e. The summed E-state index contributed by atoms with van der Waals surface area (Å²) in [6.07, 6.45) is 0. The maximum Gasteiger partial charge on any atom is 0.257 e. The van der Waals surface area contributed by atoms with E-state index in [1.54, 1.807) is 36.4 Å². The van der Waals surface area contributed by atoms with Crippen molar-refractivity contribution in [3.63, 3.8) is 0 Å². The summed E-state index contributed by atoms with van der Waals surface area (Å²) >= 11 is 12.3. The SMILES string of the molecule is Nc1cc(Cl)c(NC(=O)c2ccccc2Cl)cc1N1CCOCC1. The first-order valence-corrected chi connectivity index (χ1v) is 8.29. The molecular weight excluding hydrogens is 349 g/mol. The molecule has 2 aromatic rings. The monoisotopic (exact) mass is 365 g/mol. The number of nitrogens with zero attached hydrogens (tertiary/aromatic N) is 1. The van der Waals surface area contributed by atoms with E-state index in [1.807, 2.05) is 0 Å². The number of halogens is 2. The molecule has 1 aliphatic rings. The molecule has 5 nitrogen and oxygen atoms in total. The molecule has 2 aromatic carbocycles. The summed E-state index contributed by atoms with van der Waals surface area (Å²) in [6, 6.07) is 10.3. The first-order chi connectivity index (χ1) is 11.6. The lowest BCUT2D eigenvalue weighted by Crippen LogP contribution is -2.36. The highest BCUT2D eigenvalue weighted by molar-refractivity contribution is 6.36. The van der Waals surface area contributed by atoms with E-state index >= 15 is 0 Å². The number of anilines is 3. The molecule has 0 bridgehead atoms. The number of carbonyl (C=O) groups is 1. The van der Waals surface area contributed by atoms with Crippen LogP contribution in [0.4, 0.5) is 17.1 Å². The minimum atomic E-state index is -0.319. The number of hydrogen-bond acceptors (Lipinski definition) is 4.